The number of nitrogens with one attached hydrogen (secondary N) is 1. The molecule has 1 aromatic carbocycles. The molecule has 0 amide bonds. The van der Waals surface area contributed by atoms with Gasteiger partial charge in [0.05, 0.1) is 5.69 Å². The van der Waals surface area contributed by atoms with Gasteiger partial charge in [-0.3, -0.25) is 4.79 Å². The van der Waals surface area contributed by atoms with Gasteiger partial charge in [0.1, 0.15) is 5.69 Å². The second-order valence-corrected chi connectivity index (χ2v) is 4.42. The summed E-state index contributed by atoms with van der Waals surface area (Å²) < 4.78 is 0.949. The number of H-pyrrole nitrogens is 1. The third-order valence-corrected chi connectivity index (χ3v) is 3.06. The van der Waals surface area contributed by atoms with E-state index in [-0.39, 0.29) is 17.7 Å². The summed E-state index contributed by atoms with van der Waals surface area (Å²) in [4.78, 5) is 37.6. The minimum Gasteiger partial charge on any atom is -0.477 e. The van der Waals surface area contributed by atoms with Gasteiger partial charge in [0.25, 0.3) is 5.56 Å². The number of nitrogens with zero attached hydrogens (tertiary/aromatic N) is 1. The molecule has 6 nitrogen and oxygen atoms in total. The first-order valence-electron chi connectivity index (χ1n) is 6.14. The number of carbonyl (C=O) groups is 1. The number of hydrogen-bond acceptors (Lipinski definition) is 3. The van der Waals surface area contributed by atoms with Crippen molar-refractivity contribution >= 4 is 5.97 Å². The Labute approximate surface area is 114 Å². The van der Waals surface area contributed by atoms with E-state index >= 15 is 0 Å². The standard InChI is InChI=1S/C14H14N2O4/c1-3-10-11(13(18)19)15-14(20)16(12(10)17)9-6-4-8(2)5-7-9/h4-7H,3H2,1-2H3,(H,15,20)(H,18,19). The van der Waals surface area contributed by atoms with Gasteiger partial charge in [0, 0.05) is 5.56 Å². The molecule has 6 heteroatoms. The van der Waals surface area contributed by atoms with Crippen LogP contribution in [0.2, 0.25) is 0 Å². The summed E-state index contributed by atoms with van der Waals surface area (Å²) in [6.45, 7) is 3.56. The Morgan fingerprint density at radius 1 is 1.25 bits per heavy atom. The van der Waals surface area contributed by atoms with Crippen LogP contribution in [-0.4, -0.2) is 20.6 Å². The number of hydrogen-bond donors (Lipinski definition) is 2. The molecular weight excluding hydrogens is 260 g/mol. The summed E-state index contributed by atoms with van der Waals surface area (Å²) in [5, 5.41) is 9.03. The number of carboxylic acids is 1. The molecule has 0 radical (unpaired) electrons. The molecule has 0 saturated heterocycles. The Hall–Kier alpha value is -2.63. The van der Waals surface area contributed by atoms with Crippen LogP contribution in [0.3, 0.4) is 0 Å². The average molecular weight is 274 g/mol. The first-order chi connectivity index (χ1) is 9.45. The summed E-state index contributed by atoms with van der Waals surface area (Å²) >= 11 is 0. The summed E-state index contributed by atoms with van der Waals surface area (Å²) in [6.07, 6.45) is 0.225. The molecule has 0 unspecified atom stereocenters. The summed E-state index contributed by atoms with van der Waals surface area (Å²) in [5.74, 6) is -1.31. The van der Waals surface area contributed by atoms with Crippen molar-refractivity contribution < 1.29 is 9.90 Å². The number of rotatable bonds is 3. The van der Waals surface area contributed by atoms with Gasteiger partial charge in [-0.2, -0.15) is 0 Å². The number of aromatic amines is 1. The average Bonchev–Trinajstić information content (AvgIpc) is 2.40. The van der Waals surface area contributed by atoms with Gasteiger partial charge in [0.2, 0.25) is 0 Å². The number of benzene rings is 1. The minimum absolute atomic E-state index is 0.0812. The first-order valence-corrected chi connectivity index (χ1v) is 6.14. The van der Waals surface area contributed by atoms with Crippen LogP contribution in [0.4, 0.5) is 0 Å². The molecule has 2 rings (SSSR count). The van der Waals surface area contributed by atoms with Gasteiger partial charge in [-0.1, -0.05) is 24.6 Å². The number of carboxylic acid groups (broad SMARTS) is 1. The second kappa shape index (κ2) is 5.16. The topological polar surface area (TPSA) is 92.2 Å². The maximum atomic E-state index is 12.3. The number of aryl methyl sites for hydroxylation is 1. The maximum Gasteiger partial charge on any atom is 0.352 e. The largest absolute Gasteiger partial charge is 0.477 e. The van der Waals surface area contributed by atoms with Crippen LogP contribution in [0.15, 0.2) is 33.9 Å². The van der Waals surface area contributed by atoms with Crippen LogP contribution in [-0.2, 0) is 6.42 Å². The minimum atomic E-state index is -1.31. The lowest BCUT2D eigenvalue weighted by Crippen LogP contribution is -2.38. The summed E-state index contributed by atoms with van der Waals surface area (Å²) in [7, 11) is 0. The van der Waals surface area contributed by atoms with Gasteiger partial charge in [-0.05, 0) is 25.5 Å². The van der Waals surface area contributed by atoms with Crippen molar-refractivity contribution in [3.05, 3.63) is 61.9 Å². The summed E-state index contributed by atoms with van der Waals surface area (Å²) in [5.41, 5.74) is -0.209. The van der Waals surface area contributed by atoms with Crippen molar-refractivity contribution in [1.29, 1.82) is 0 Å². The van der Waals surface area contributed by atoms with Crippen molar-refractivity contribution in [2.75, 3.05) is 0 Å². The lowest BCUT2D eigenvalue weighted by molar-refractivity contribution is 0.0688. The molecule has 0 bridgehead atoms. The van der Waals surface area contributed by atoms with E-state index in [4.69, 9.17) is 5.11 Å². The molecule has 0 aliphatic carbocycles. The normalized spacial score (nSPS) is 10.5. The van der Waals surface area contributed by atoms with E-state index in [1.54, 1.807) is 31.2 Å². The van der Waals surface area contributed by atoms with Gasteiger partial charge in [0.15, 0.2) is 0 Å². The quantitative estimate of drug-likeness (QED) is 0.876. The van der Waals surface area contributed by atoms with E-state index in [1.807, 2.05) is 6.92 Å². The molecule has 20 heavy (non-hydrogen) atoms. The van der Waals surface area contributed by atoms with E-state index in [2.05, 4.69) is 4.98 Å². The molecule has 2 aromatic rings. The smallest absolute Gasteiger partial charge is 0.352 e. The van der Waals surface area contributed by atoms with Crippen LogP contribution in [0.5, 0.6) is 0 Å². The highest BCUT2D eigenvalue weighted by molar-refractivity contribution is 5.86. The van der Waals surface area contributed by atoms with E-state index in [1.165, 1.54) is 0 Å². The Morgan fingerprint density at radius 3 is 2.35 bits per heavy atom. The van der Waals surface area contributed by atoms with Crippen molar-refractivity contribution in [2.45, 2.75) is 20.3 Å². The monoisotopic (exact) mass is 274 g/mol. The van der Waals surface area contributed by atoms with Crippen molar-refractivity contribution in [3.63, 3.8) is 0 Å². The van der Waals surface area contributed by atoms with Crippen LogP contribution >= 0.6 is 0 Å². The second-order valence-electron chi connectivity index (χ2n) is 4.42. The van der Waals surface area contributed by atoms with E-state index in [0.717, 1.165) is 10.1 Å². The molecule has 0 aliphatic heterocycles. The van der Waals surface area contributed by atoms with Gasteiger partial charge in [-0.25, -0.2) is 14.2 Å². The Bertz CT molecular complexity index is 769. The molecule has 104 valence electrons. The molecule has 0 saturated carbocycles. The highest BCUT2D eigenvalue weighted by atomic mass is 16.4. The molecular formula is C14H14N2O4. The molecule has 0 fully saturated rings. The highest BCUT2D eigenvalue weighted by Crippen LogP contribution is 2.07. The fourth-order valence-corrected chi connectivity index (χ4v) is 2.01. The fraction of sp³-hybridized carbons (Fsp3) is 0.214. The zero-order chi connectivity index (χ0) is 14.9. The predicted octanol–water partition coefficient (Wildman–Crippen LogP) is 1.09. The molecule has 0 aliphatic rings. The lowest BCUT2D eigenvalue weighted by atomic mass is 10.1. The predicted molar refractivity (Wildman–Crippen MR) is 73.7 cm³/mol. The van der Waals surface area contributed by atoms with E-state index in [0.29, 0.717) is 5.69 Å². The Balaban J connectivity index is 2.79. The third kappa shape index (κ3) is 2.27. The van der Waals surface area contributed by atoms with Crippen LogP contribution in [0, 0.1) is 6.92 Å². The van der Waals surface area contributed by atoms with Crippen molar-refractivity contribution in [3.8, 4) is 5.69 Å². The molecule has 0 spiro atoms. The summed E-state index contributed by atoms with van der Waals surface area (Å²) in [6, 6.07) is 6.84. The van der Waals surface area contributed by atoms with Crippen molar-refractivity contribution in [1.82, 2.24) is 9.55 Å². The molecule has 0 atom stereocenters. The SMILES string of the molecule is CCc1c(C(=O)O)[nH]c(=O)n(-c2ccc(C)cc2)c1=O. The van der Waals surface area contributed by atoms with Gasteiger partial charge < -0.3 is 10.1 Å². The van der Waals surface area contributed by atoms with Crippen molar-refractivity contribution in [2.24, 2.45) is 0 Å². The van der Waals surface area contributed by atoms with Crippen LogP contribution in [0.25, 0.3) is 5.69 Å². The van der Waals surface area contributed by atoms with Crippen LogP contribution in [0.1, 0.15) is 28.5 Å². The lowest BCUT2D eigenvalue weighted by Gasteiger charge is -2.09. The zero-order valence-electron chi connectivity index (χ0n) is 11.1. The highest BCUT2D eigenvalue weighted by Gasteiger charge is 2.18. The number of aromatic carboxylic acids is 1. The Morgan fingerprint density at radius 2 is 1.85 bits per heavy atom. The third-order valence-electron chi connectivity index (χ3n) is 3.06. The molecule has 1 aromatic heterocycles. The molecule has 1 heterocycles. The van der Waals surface area contributed by atoms with Gasteiger partial charge in [-0.15, -0.1) is 0 Å². The Kier molecular flexibility index (Phi) is 3.56. The van der Waals surface area contributed by atoms with E-state index < -0.39 is 17.2 Å². The first kappa shape index (κ1) is 13.8. The van der Waals surface area contributed by atoms with Gasteiger partial charge >= 0.3 is 11.7 Å². The van der Waals surface area contributed by atoms with Crippen LogP contribution < -0.4 is 11.2 Å². The zero-order valence-corrected chi connectivity index (χ0v) is 11.1. The fourth-order valence-electron chi connectivity index (χ4n) is 2.01. The van der Waals surface area contributed by atoms with E-state index in [9.17, 15) is 14.4 Å². The maximum absolute atomic E-state index is 12.3. The molecule has 2 N–H and O–H groups in total. The number of aromatic nitrogens is 2.